The van der Waals surface area contributed by atoms with Crippen molar-refractivity contribution in [3.63, 3.8) is 0 Å². The largest absolute Gasteiger partial charge is 0.327 e. The van der Waals surface area contributed by atoms with Gasteiger partial charge in [-0.05, 0) is 6.42 Å². The van der Waals surface area contributed by atoms with Gasteiger partial charge in [0.1, 0.15) is 0 Å². The minimum absolute atomic E-state index is 0.0719. The summed E-state index contributed by atoms with van der Waals surface area (Å²) in [5.74, 6) is 2.36. The van der Waals surface area contributed by atoms with Crippen LogP contribution in [0.5, 0.6) is 0 Å². The molecule has 3 heteroatoms. The third-order valence-electron chi connectivity index (χ3n) is 1.69. The van der Waals surface area contributed by atoms with Crippen molar-refractivity contribution in [3.05, 3.63) is 12.2 Å². The summed E-state index contributed by atoms with van der Waals surface area (Å²) in [7, 11) is 0. The van der Waals surface area contributed by atoms with Crippen LogP contribution in [0.15, 0.2) is 12.2 Å². The van der Waals surface area contributed by atoms with Crippen LogP contribution in [0.1, 0.15) is 6.42 Å². The van der Waals surface area contributed by atoms with Crippen molar-refractivity contribution in [1.29, 1.82) is 0 Å². The highest BCUT2D eigenvalue weighted by molar-refractivity contribution is 5.74. The van der Waals surface area contributed by atoms with Gasteiger partial charge in [0.25, 0.3) is 0 Å². The van der Waals surface area contributed by atoms with Crippen molar-refractivity contribution in [2.75, 3.05) is 19.6 Å². The Morgan fingerprint density at radius 2 is 2.50 bits per heavy atom. The summed E-state index contributed by atoms with van der Waals surface area (Å²) < 4.78 is 0. The Balaban J connectivity index is 2.32. The van der Waals surface area contributed by atoms with E-state index in [0.717, 1.165) is 13.0 Å². The van der Waals surface area contributed by atoms with Crippen molar-refractivity contribution in [1.82, 2.24) is 10.2 Å². The fourth-order valence-corrected chi connectivity index (χ4v) is 1.06. The van der Waals surface area contributed by atoms with Crippen molar-refractivity contribution in [2.45, 2.75) is 6.42 Å². The molecule has 0 aromatic rings. The molecule has 0 spiro atoms. The number of hydrogen-bond acceptors (Lipinski definition) is 1. The lowest BCUT2D eigenvalue weighted by Crippen LogP contribution is -2.41. The summed E-state index contributed by atoms with van der Waals surface area (Å²) in [5, 5.41) is 2.62. The first kappa shape index (κ1) is 8.66. The summed E-state index contributed by atoms with van der Waals surface area (Å²) in [6.07, 6.45) is 10.0. The molecule has 1 aliphatic rings. The zero-order valence-electron chi connectivity index (χ0n) is 6.92. The zero-order chi connectivity index (χ0) is 8.81. The lowest BCUT2D eigenvalue weighted by Gasteiger charge is -2.22. The number of carbonyl (C=O) groups is 1. The topological polar surface area (TPSA) is 32.3 Å². The molecule has 0 fully saturated rings. The number of carbonyl (C=O) groups excluding carboxylic acids is 1. The van der Waals surface area contributed by atoms with Gasteiger partial charge in [0, 0.05) is 13.1 Å². The van der Waals surface area contributed by atoms with E-state index in [1.807, 2.05) is 6.08 Å². The molecule has 0 saturated heterocycles. The second-order valence-corrected chi connectivity index (χ2v) is 2.57. The van der Waals surface area contributed by atoms with E-state index in [9.17, 15) is 4.79 Å². The van der Waals surface area contributed by atoms with Gasteiger partial charge in [-0.2, -0.15) is 0 Å². The fraction of sp³-hybridized carbons (Fsp3) is 0.444. The summed E-state index contributed by atoms with van der Waals surface area (Å²) in [6.45, 7) is 1.78. The normalized spacial score (nSPS) is 15.4. The molecular formula is C9H12N2O. The Morgan fingerprint density at radius 3 is 3.08 bits per heavy atom. The van der Waals surface area contributed by atoms with Gasteiger partial charge in [0.05, 0.1) is 6.54 Å². The molecule has 1 heterocycles. The van der Waals surface area contributed by atoms with Gasteiger partial charge in [0.2, 0.25) is 0 Å². The molecule has 1 aliphatic heterocycles. The lowest BCUT2D eigenvalue weighted by atomic mass is 10.3. The van der Waals surface area contributed by atoms with E-state index in [4.69, 9.17) is 6.42 Å². The summed E-state index contributed by atoms with van der Waals surface area (Å²) >= 11 is 0. The average Bonchev–Trinajstić information content (AvgIpc) is 2.15. The SMILES string of the molecule is C#CCNC(=O)N1CC=CCC1. The Morgan fingerprint density at radius 1 is 1.67 bits per heavy atom. The minimum atomic E-state index is -0.0719. The zero-order valence-corrected chi connectivity index (χ0v) is 6.92. The first-order valence-corrected chi connectivity index (χ1v) is 3.96. The molecule has 0 aliphatic carbocycles. The third-order valence-corrected chi connectivity index (χ3v) is 1.69. The van der Waals surface area contributed by atoms with E-state index in [2.05, 4.69) is 17.3 Å². The lowest BCUT2D eigenvalue weighted by molar-refractivity contribution is 0.204. The summed E-state index contributed by atoms with van der Waals surface area (Å²) in [4.78, 5) is 13.0. The highest BCUT2D eigenvalue weighted by Gasteiger charge is 2.11. The van der Waals surface area contributed by atoms with Gasteiger partial charge < -0.3 is 10.2 Å². The average molecular weight is 164 g/mol. The predicted octanol–water partition coefficient (Wildman–Crippen LogP) is 0.591. The maximum absolute atomic E-state index is 11.2. The monoisotopic (exact) mass is 164 g/mol. The molecule has 1 N–H and O–H groups in total. The molecule has 64 valence electrons. The van der Waals surface area contributed by atoms with E-state index < -0.39 is 0 Å². The first-order chi connectivity index (χ1) is 5.84. The fourth-order valence-electron chi connectivity index (χ4n) is 1.06. The quantitative estimate of drug-likeness (QED) is 0.446. The van der Waals surface area contributed by atoms with Crippen molar-refractivity contribution in [3.8, 4) is 12.3 Å². The van der Waals surface area contributed by atoms with Crippen molar-refractivity contribution >= 4 is 6.03 Å². The van der Waals surface area contributed by atoms with E-state index >= 15 is 0 Å². The molecule has 0 bridgehead atoms. The predicted molar refractivity (Wildman–Crippen MR) is 47.6 cm³/mol. The van der Waals surface area contributed by atoms with E-state index in [1.54, 1.807) is 4.90 Å². The van der Waals surface area contributed by atoms with Crippen LogP contribution in [0.2, 0.25) is 0 Å². The Labute approximate surface area is 72.4 Å². The number of rotatable bonds is 1. The smallest absolute Gasteiger partial charge is 0.318 e. The highest BCUT2D eigenvalue weighted by Crippen LogP contribution is 2.00. The van der Waals surface area contributed by atoms with Crippen LogP contribution in [0.4, 0.5) is 4.79 Å². The molecule has 12 heavy (non-hydrogen) atoms. The minimum Gasteiger partial charge on any atom is -0.327 e. The molecule has 2 amide bonds. The number of terminal acetylenes is 1. The van der Waals surface area contributed by atoms with Crippen LogP contribution in [-0.4, -0.2) is 30.6 Å². The van der Waals surface area contributed by atoms with Crippen LogP contribution < -0.4 is 5.32 Å². The molecule has 0 aromatic heterocycles. The maximum Gasteiger partial charge on any atom is 0.318 e. The van der Waals surface area contributed by atoms with E-state index in [-0.39, 0.29) is 6.03 Å². The Hall–Kier alpha value is -1.43. The summed E-state index contributed by atoms with van der Waals surface area (Å²) in [6, 6.07) is -0.0719. The van der Waals surface area contributed by atoms with Gasteiger partial charge in [-0.15, -0.1) is 6.42 Å². The maximum atomic E-state index is 11.2. The standard InChI is InChI=1S/C9H12N2O/c1-2-6-10-9(12)11-7-4-3-5-8-11/h1,3-4H,5-8H2,(H,10,12). The Kier molecular flexibility index (Phi) is 3.21. The second kappa shape index (κ2) is 4.45. The molecule has 0 radical (unpaired) electrons. The van der Waals surface area contributed by atoms with Crippen LogP contribution in [0.3, 0.4) is 0 Å². The van der Waals surface area contributed by atoms with Crippen LogP contribution in [0, 0.1) is 12.3 Å². The van der Waals surface area contributed by atoms with E-state index in [0.29, 0.717) is 13.1 Å². The Bertz CT molecular complexity index is 227. The molecule has 0 unspecified atom stereocenters. The van der Waals surface area contributed by atoms with Crippen molar-refractivity contribution in [2.24, 2.45) is 0 Å². The first-order valence-electron chi connectivity index (χ1n) is 3.96. The molecule has 0 aromatic carbocycles. The van der Waals surface area contributed by atoms with Gasteiger partial charge in [-0.3, -0.25) is 0 Å². The number of nitrogens with one attached hydrogen (secondary N) is 1. The molecule has 3 nitrogen and oxygen atoms in total. The van der Waals surface area contributed by atoms with Crippen LogP contribution in [-0.2, 0) is 0 Å². The number of urea groups is 1. The van der Waals surface area contributed by atoms with Gasteiger partial charge in [0.15, 0.2) is 0 Å². The molecule has 1 rings (SSSR count). The van der Waals surface area contributed by atoms with Gasteiger partial charge in [-0.25, -0.2) is 4.79 Å². The van der Waals surface area contributed by atoms with Gasteiger partial charge in [-0.1, -0.05) is 18.1 Å². The van der Waals surface area contributed by atoms with Crippen LogP contribution in [0.25, 0.3) is 0 Å². The molecule has 0 saturated carbocycles. The van der Waals surface area contributed by atoms with Gasteiger partial charge >= 0.3 is 6.03 Å². The van der Waals surface area contributed by atoms with Crippen LogP contribution >= 0.6 is 0 Å². The number of nitrogens with zero attached hydrogens (tertiary/aromatic N) is 1. The third kappa shape index (κ3) is 2.31. The molecule has 0 atom stereocenters. The second-order valence-electron chi connectivity index (χ2n) is 2.57. The van der Waals surface area contributed by atoms with Crippen molar-refractivity contribution < 1.29 is 4.79 Å². The summed E-state index contributed by atoms with van der Waals surface area (Å²) in [5.41, 5.74) is 0. The molecular weight excluding hydrogens is 152 g/mol. The number of hydrogen-bond donors (Lipinski definition) is 1. The highest BCUT2D eigenvalue weighted by atomic mass is 16.2. The number of amides is 2. The van der Waals surface area contributed by atoms with E-state index in [1.165, 1.54) is 0 Å².